The molecule has 5 nitrogen and oxygen atoms in total. The molecule has 0 saturated carbocycles. The average Bonchev–Trinajstić information content (AvgIpc) is 2.54. The summed E-state index contributed by atoms with van der Waals surface area (Å²) < 4.78 is 5.18. The van der Waals surface area contributed by atoms with Crippen molar-refractivity contribution in [2.45, 2.75) is 25.4 Å². The minimum absolute atomic E-state index is 0.0861. The predicted octanol–water partition coefficient (Wildman–Crippen LogP) is 0.646. The number of benzene rings is 1. The van der Waals surface area contributed by atoms with Crippen molar-refractivity contribution >= 4 is 5.91 Å². The molecule has 116 valence electrons. The van der Waals surface area contributed by atoms with Gasteiger partial charge in [0, 0.05) is 32.7 Å². The lowest BCUT2D eigenvalue weighted by Crippen LogP contribution is -2.60. The van der Waals surface area contributed by atoms with Crippen LogP contribution in [0.2, 0.25) is 0 Å². The van der Waals surface area contributed by atoms with E-state index in [4.69, 9.17) is 4.74 Å². The topological polar surface area (TPSA) is 53.6 Å². The maximum absolute atomic E-state index is 12.0. The Balaban J connectivity index is 2.02. The van der Waals surface area contributed by atoms with Gasteiger partial charge in [0.2, 0.25) is 5.91 Å². The summed E-state index contributed by atoms with van der Waals surface area (Å²) in [6, 6.07) is 8.38. The first kappa shape index (κ1) is 15.8. The summed E-state index contributed by atoms with van der Waals surface area (Å²) in [4.78, 5) is 14.3. The van der Waals surface area contributed by atoms with Crippen LogP contribution in [0.1, 0.15) is 12.5 Å². The summed E-state index contributed by atoms with van der Waals surface area (Å²) in [5.74, 6) is 0.959. The molecule has 2 N–H and O–H groups in total. The second-order valence-electron chi connectivity index (χ2n) is 5.47. The number of nitrogens with zero attached hydrogens (tertiary/aromatic N) is 1. The van der Waals surface area contributed by atoms with Gasteiger partial charge in [-0.25, -0.2) is 0 Å². The Kier molecular flexibility index (Phi) is 5.59. The van der Waals surface area contributed by atoms with Crippen molar-refractivity contribution in [3.63, 3.8) is 0 Å². The van der Waals surface area contributed by atoms with Gasteiger partial charge < -0.3 is 15.4 Å². The van der Waals surface area contributed by atoms with Crippen molar-refractivity contribution in [1.82, 2.24) is 15.5 Å². The predicted molar refractivity (Wildman–Crippen MR) is 83.6 cm³/mol. The number of hydrogen-bond donors (Lipinski definition) is 2. The van der Waals surface area contributed by atoms with Crippen molar-refractivity contribution in [2.75, 3.05) is 33.8 Å². The summed E-state index contributed by atoms with van der Waals surface area (Å²) in [6.07, 6.45) is 0.928. The zero-order valence-corrected chi connectivity index (χ0v) is 13.1. The van der Waals surface area contributed by atoms with Crippen LogP contribution in [-0.2, 0) is 11.2 Å². The number of methoxy groups -OCH3 is 1. The van der Waals surface area contributed by atoms with E-state index in [0.717, 1.165) is 25.3 Å². The number of carbonyl (C=O) groups is 1. The molecule has 1 aliphatic heterocycles. The largest absolute Gasteiger partial charge is 0.497 e. The van der Waals surface area contributed by atoms with E-state index in [0.29, 0.717) is 12.6 Å². The Labute approximate surface area is 126 Å². The monoisotopic (exact) mass is 291 g/mol. The smallest absolute Gasteiger partial charge is 0.238 e. The summed E-state index contributed by atoms with van der Waals surface area (Å²) in [7, 11) is 3.37. The second-order valence-corrected chi connectivity index (χ2v) is 5.47. The quantitative estimate of drug-likeness (QED) is 0.836. The molecule has 1 saturated heterocycles. The Bertz CT molecular complexity index is 461. The molecule has 1 aliphatic rings. The van der Waals surface area contributed by atoms with Gasteiger partial charge in [-0.3, -0.25) is 9.69 Å². The van der Waals surface area contributed by atoms with Crippen molar-refractivity contribution in [1.29, 1.82) is 0 Å². The summed E-state index contributed by atoms with van der Waals surface area (Å²) in [5, 5.41) is 6.06. The van der Waals surface area contributed by atoms with Crippen LogP contribution in [-0.4, -0.2) is 56.7 Å². The molecule has 1 aromatic carbocycles. The minimum Gasteiger partial charge on any atom is -0.497 e. The summed E-state index contributed by atoms with van der Waals surface area (Å²) >= 11 is 0. The van der Waals surface area contributed by atoms with Crippen molar-refractivity contribution in [3.8, 4) is 5.75 Å². The standard InChI is InChI=1S/C16H25N3O2/c1-12(10-13-4-6-14(21-3)7-5-13)19-9-8-18-11-15(19)16(20)17-2/h4-7,12,15,18H,8-11H2,1-3H3,(H,17,20). The number of rotatable bonds is 5. The van der Waals surface area contributed by atoms with Gasteiger partial charge in [0.25, 0.3) is 0 Å². The molecule has 0 aromatic heterocycles. The highest BCUT2D eigenvalue weighted by atomic mass is 16.5. The van der Waals surface area contributed by atoms with E-state index in [2.05, 4.69) is 34.6 Å². The van der Waals surface area contributed by atoms with Crippen molar-refractivity contribution < 1.29 is 9.53 Å². The molecule has 2 unspecified atom stereocenters. The third-order valence-corrected chi connectivity index (χ3v) is 4.09. The van der Waals surface area contributed by atoms with Gasteiger partial charge in [-0.1, -0.05) is 12.1 Å². The van der Waals surface area contributed by atoms with Crippen LogP contribution in [0.15, 0.2) is 24.3 Å². The normalized spacial score (nSPS) is 20.8. The van der Waals surface area contributed by atoms with Crippen molar-refractivity contribution in [3.05, 3.63) is 29.8 Å². The number of ether oxygens (including phenoxy) is 1. The molecule has 0 spiro atoms. The molecule has 5 heteroatoms. The third kappa shape index (κ3) is 3.95. The molecule has 0 aliphatic carbocycles. The lowest BCUT2D eigenvalue weighted by atomic mass is 10.0. The molecular weight excluding hydrogens is 266 g/mol. The fraction of sp³-hybridized carbons (Fsp3) is 0.562. The summed E-state index contributed by atoms with van der Waals surface area (Å²) in [6.45, 7) is 4.73. The lowest BCUT2D eigenvalue weighted by molar-refractivity contribution is -0.127. The fourth-order valence-electron chi connectivity index (χ4n) is 2.88. The number of amides is 1. The maximum atomic E-state index is 12.0. The Morgan fingerprint density at radius 3 is 2.81 bits per heavy atom. The number of hydrogen-bond acceptors (Lipinski definition) is 4. The Morgan fingerprint density at radius 1 is 1.48 bits per heavy atom. The Morgan fingerprint density at radius 2 is 2.19 bits per heavy atom. The minimum atomic E-state index is -0.0861. The van der Waals surface area contributed by atoms with Crippen LogP contribution in [0.5, 0.6) is 5.75 Å². The van der Waals surface area contributed by atoms with Crippen LogP contribution in [0, 0.1) is 0 Å². The first-order chi connectivity index (χ1) is 10.2. The van der Waals surface area contributed by atoms with E-state index in [9.17, 15) is 4.79 Å². The van der Waals surface area contributed by atoms with E-state index < -0.39 is 0 Å². The zero-order valence-electron chi connectivity index (χ0n) is 13.1. The first-order valence-corrected chi connectivity index (χ1v) is 7.46. The highest BCUT2D eigenvalue weighted by molar-refractivity contribution is 5.81. The van der Waals surface area contributed by atoms with Gasteiger partial charge in [0.15, 0.2) is 0 Å². The van der Waals surface area contributed by atoms with E-state index in [-0.39, 0.29) is 11.9 Å². The highest BCUT2D eigenvalue weighted by Gasteiger charge is 2.31. The molecular formula is C16H25N3O2. The molecule has 1 heterocycles. The highest BCUT2D eigenvalue weighted by Crippen LogP contribution is 2.16. The second kappa shape index (κ2) is 7.43. The number of nitrogens with one attached hydrogen (secondary N) is 2. The molecule has 1 amide bonds. The van der Waals surface area contributed by atoms with Gasteiger partial charge in [-0.05, 0) is 31.0 Å². The van der Waals surface area contributed by atoms with Gasteiger partial charge in [-0.15, -0.1) is 0 Å². The van der Waals surface area contributed by atoms with E-state index >= 15 is 0 Å². The molecule has 1 fully saturated rings. The van der Waals surface area contributed by atoms with Gasteiger partial charge in [-0.2, -0.15) is 0 Å². The van der Waals surface area contributed by atoms with Crippen molar-refractivity contribution in [2.24, 2.45) is 0 Å². The molecule has 21 heavy (non-hydrogen) atoms. The molecule has 2 atom stereocenters. The first-order valence-electron chi connectivity index (χ1n) is 7.46. The maximum Gasteiger partial charge on any atom is 0.238 e. The lowest BCUT2D eigenvalue weighted by Gasteiger charge is -2.39. The van der Waals surface area contributed by atoms with E-state index in [1.807, 2.05) is 12.1 Å². The van der Waals surface area contributed by atoms with Crippen LogP contribution in [0.3, 0.4) is 0 Å². The van der Waals surface area contributed by atoms with Gasteiger partial charge in [0.1, 0.15) is 11.8 Å². The van der Waals surface area contributed by atoms with Gasteiger partial charge >= 0.3 is 0 Å². The van der Waals surface area contributed by atoms with Crippen LogP contribution >= 0.6 is 0 Å². The van der Waals surface area contributed by atoms with E-state index in [1.54, 1.807) is 14.2 Å². The number of piperazine rings is 1. The number of likely N-dealkylation sites (N-methyl/N-ethyl adjacent to an activating group) is 1. The number of carbonyl (C=O) groups excluding carboxylic acids is 1. The third-order valence-electron chi connectivity index (χ3n) is 4.09. The molecule has 0 bridgehead atoms. The molecule has 0 radical (unpaired) electrons. The van der Waals surface area contributed by atoms with Crippen LogP contribution in [0.25, 0.3) is 0 Å². The van der Waals surface area contributed by atoms with Crippen LogP contribution in [0.4, 0.5) is 0 Å². The Hall–Kier alpha value is -1.59. The molecule has 1 aromatic rings. The van der Waals surface area contributed by atoms with E-state index in [1.165, 1.54) is 5.56 Å². The summed E-state index contributed by atoms with van der Waals surface area (Å²) in [5.41, 5.74) is 1.26. The molecule has 2 rings (SSSR count). The van der Waals surface area contributed by atoms with Crippen LogP contribution < -0.4 is 15.4 Å². The van der Waals surface area contributed by atoms with Gasteiger partial charge in [0.05, 0.1) is 7.11 Å². The average molecular weight is 291 g/mol. The fourth-order valence-corrected chi connectivity index (χ4v) is 2.88. The zero-order chi connectivity index (χ0) is 15.2. The SMILES string of the molecule is CNC(=O)C1CNCCN1C(C)Cc1ccc(OC)cc1.